The van der Waals surface area contributed by atoms with Gasteiger partial charge in [-0.25, -0.2) is 0 Å². The Bertz CT molecular complexity index is 296. The minimum Gasteiger partial charge on any atom is -0.493 e. The van der Waals surface area contributed by atoms with Gasteiger partial charge in [0.25, 0.3) is 0 Å². The van der Waals surface area contributed by atoms with Gasteiger partial charge in [0.1, 0.15) is 5.75 Å². The highest BCUT2D eigenvalue weighted by Crippen LogP contribution is 2.34. The molecule has 0 aliphatic carbocycles. The van der Waals surface area contributed by atoms with Gasteiger partial charge >= 0.3 is 0 Å². The molecule has 0 fully saturated rings. The Morgan fingerprint density at radius 2 is 2.33 bits per heavy atom. The van der Waals surface area contributed by atoms with Crippen LogP contribution in [-0.2, 0) is 0 Å². The summed E-state index contributed by atoms with van der Waals surface area (Å²) in [6.07, 6.45) is 1.11. The topological polar surface area (TPSA) is 35.2 Å². The lowest BCUT2D eigenvalue weighted by atomic mass is 9.95. The highest BCUT2D eigenvalue weighted by Gasteiger charge is 2.16. The number of nitrogens with two attached hydrogens (primary N) is 1. The Labute approximate surface area is 72.3 Å². The van der Waals surface area contributed by atoms with E-state index in [2.05, 4.69) is 13.0 Å². The maximum Gasteiger partial charge on any atom is 0.124 e. The molecule has 2 nitrogen and oxygen atoms in total. The van der Waals surface area contributed by atoms with Gasteiger partial charge in [-0.05, 0) is 24.0 Å². The summed E-state index contributed by atoms with van der Waals surface area (Å²) in [6, 6.07) is 5.91. The number of nitrogen functional groups attached to an aromatic ring is 1. The molecule has 0 saturated carbocycles. The van der Waals surface area contributed by atoms with Crippen molar-refractivity contribution in [2.24, 2.45) is 0 Å². The normalized spacial score (nSPS) is 21.2. The zero-order valence-electron chi connectivity index (χ0n) is 7.21. The number of anilines is 1. The summed E-state index contributed by atoms with van der Waals surface area (Å²) in [7, 11) is 0. The van der Waals surface area contributed by atoms with Crippen LogP contribution in [0.25, 0.3) is 0 Å². The van der Waals surface area contributed by atoms with E-state index in [-0.39, 0.29) is 0 Å². The zero-order valence-corrected chi connectivity index (χ0v) is 7.21. The number of rotatable bonds is 0. The molecule has 0 radical (unpaired) electrons. The fourth-order valence-corrected chi connectivity index (χ4v) is 1.58. The second kappa shape index (κ2) is 2.70. The average molecular weight is 163 g/mol. The van der Waals surface area contributed by atoms with Gasteiger partial charge in [0, 0.05) is 11.8 Å². The summed E-state index contributed by atoms with van der Waals surface area (Å²) >= 11 is 0. The van der Waals surface area contributed by atoms with Crippen molar-refractivity contribution in [1.29, 1.82) is 0 Å². The summed E-state index contributed by atoms with van der Waals surface area (Å²) in [5.74, 6) is 1.57. The van der Waals surface area contributed by atoms with Crippen LogP contribution in [-0.4, -0.2) is 6.61 Å². The first-order chi connectivity index (χ1) is 5.77. The fraction of sp³-hybridized carbons (Fsp3) is 0.400. The summed E-state index contributed by atoms with van der Waals surface area (Å²) in [5, 5.41) is 0. The summed E-state index contributed by atoms with van der Waals surface area (Å²) in [6.45, 7) is 3.04. The number of fused-ring (bicyclic) bond motifs is 1. The third-order valence-corrected chi connectivity index (χ3v) is 2.38. The van der Waals surface area contributed by atoms with Crippen molar-refractivity contribution in [2.45, 2.75) is 19.3 Å². The molecule has 2 N–H and O–H groups in total. The van der Waals surface area contributed by atoms with Crippen molar-refractivity contribution in [1.82, 2.24) is 0 Å². The van der Waals surface area contributed by atoms with Gasteiger partial charge in [-0.15, -0.1) is 0 Å². The molecular weight excluding hydrogens is 150 g/mol. The SMILES string of the molecule is CC1CCOc2cc(N)ccc21. The molecule has 1 aliphatic rings. The largest absolute Gasteiger partial charge is 0.493 e. The highest BCUT2D eigenvalue weighted by molar-refractivity contribution is 5.50. The molecule has 0 aromatic heterocycles. The summed E-state index contributed by atoms with van der Waals surface area (Å²) < 4.78 is 5.49. The van der Waals surface area contributed by atoms with Gasteiger partial charge in [0.05, 0.1) is 6.61 Å². The molecule has 1 aliphatic heterocycles. The van der Waals surface area contributed by atoms with Crippen molar-refractivity contribution in [2.75, 3.05) is 12.3 Å². The predicted molar refractivity (Wildman–Crippen MR) is 49.4 cm³/mol. The molecule has 2 rings (SSSR count). The van der Waals surface area contributed by atoms with Crippen molar-refractivity contribution in [3.05, 3.63) is 23.8 Å². The number of hydrogen-bond donors (Lipinski definition) is 1. The Hall–Kier alpha value is -1.18. The van der Waals surface area contributed by atoms with Gasteiger partial charge in [-0.2, -0.15) is 0 Å². The second-order valence-corrected chi connectivity index (χ2v) is 3.34. The molecule has 1 unspecified atom stereocenters. The lowest BCUT2D eigenvalue weighted by molar-refractivity contribution is 0.272. The molecule has 1 atom stereocenters. The van der Waals surface area contributed by atoms with E-state index in [4.69, 9.17) is 10.5 Å². The van der Waals surface area contributed by atoms with E-state index in [0.29, 0.717) is 5.92 Å². The van der Waals surface area contributed by atoms with Crippen LogP contribution in [0.5, 0.6) is 5.75 Å². The van der Waals surface area contributed by atoms with Crippen molar-refractivity contribution in [3.8, 4) is 5.75 Å². The van der Waals surface area contributed by atoms with Gasteiger partial charge in [0.15, 0.2) is 0 Å². The Morgan fingerprint density at radius 3 is 3.17 bits per heavy atom. The van der Waals surface area contributed by atoms with Gasteiger partial charge < -0.3 is 10.5 Å². The lowest BCUT2D eigenvalue weighted by Gasteiger charge is -2.22. The maximum atomic E-state index is 5.65. The van der Waals surface area contributed by atoms with Crippen LogP contribution in [0, 0.1) is 0 Å². The number of benzene rings is 1. The quantitative estimate of drug-likeness (QED) is 0.595. The summed E-state index contributed by atoms with van der Waals surface area (Å²) in [5.41, 5.74) is 7.72. The monoisotopic (exact) mass is 163 g/mol. The minimum atomic E-state index is 0.606. The average Bonchev–Trinajstić information content (AvgIpc) is 2.04. The van der Waals surface area contributed by atoms with Crippen LogP contribution >= 0.6 is 0 Å². The lowest BCUT2D eigenvalue weighted by Crippen LogP contribution is -2.11. The van der Waals surface area contributed by atoms with E-state index < -0.39 is 0 Å². The first-order valence-corrected chi connectivity index (χ1v) is 4.29. The third-order valence-electron chi connectivity index (χ3n) is 2.38. The van der Waals surface area contributed by atoms with Crippen LogP contribution in [0.2, 0.25) is 0 Å². The Balaban J connectivity index is 2.46. The minimum absolute atomic E-state index is 0.606. The van der Waals surface area contributed by atoms with Crippen LogP contribution in [0.1, 0.15) is 24.8 Å². The first-order valence-electron chi connectivity index (χ1n) is 4.29. The summed E-state index contributed by atoms with van der Waals surface area (Å²) in [4.78, 5) is 0. The molecule has 0 amide bonds. The van der Waals surface area contributed by atoms with E-state index in [9.17, 15) is 0 Å². The molecule has 2 heteroatoms. The molecule has 64 valence electrons. The van der Waals surface area contributed by atoms with E-state index in [1.165, 1.54) is 5.56 Å². The number of ether oxygens (including phenoxy) is 1. The molecule has 1 aromatic carbocycles. The predicted octanol–water partition coefficient (Wildman–Crippen LogP) is 2.15. The van der Waals surface area contributed by atoms with Crippen molar-refractivity contribution < 1.29 is 4.74 Å². The Morgan fingerprint density at radius 1 is 1.50 bits per heavy atom. The smallest absolute Gasteiger partial charge is 0.124 e. The molecule has 0 spiro atoms. The molecule has 0 saturated heterocycles. The van der Waals surface area contributed by atoms with E-state index in [1.54, 1.807) is 0 Å². The zero-order chi connectivity index (χ0) is 8.55. The molecule has 1 aromatic rings. The van der Waals surface area contributed by atoms with Gasteiger partial charge in [-0.3, -0.25) is 0 Å². The van der Waals surface area contributed by atoms with E-state index in [1.807, 2.05) is 12.1 Å². The van der Waals surface area contributed by atoms with Crippen LogP contribution in [0.3, 0.4) is 0 Å². The van der Waals surface area contributed by atoms with E-state index in [0.717, 1.165) is 24.5 Å². The molecule has 0 bridgehead atoms. The molecule has 12 heavy (non-hydrogen) atoms. The highest BCUT2D eigenvalue weighted by atomic mass is 16.5. The first kappa shape index (κ1) is 7.47. The maximum absolute atomic E-state index is 5.65. The van der Waals surface area contributed by atoms with Gasteiger partial charge in [0.2, 0.25) is 0 Å². The van der Waals surface area contributed by atoms with Crippen LogP contribution in [0.15, 0.2) is 18.2 Å². The standard InChI is InChI=1S/C10H13NO/c1-7-4-5-12-10-6-8(11)2-3-9(7)10/h2-3,6-7H,4-5,11H2,1H3. The third kappa shape index (κ3) is 1.13. The van der Waals surface area contributed by atoms with Crippen LogP contribution in [0.4, 0.5) is 5.69 Å². The second-order valence-electron chi connectivity index (χ2n) is 3.34. The fourth-order valence-electron chi connectivity index (χ4n) is 1.58. The van der Waals surface area contributed by atoms with Crippen molar-refractivity contribution in [3.63, 3.8) is 0 Å². The van der Waals surface area contributed by atoms with E-state index >= 15 is 0 Å². The van der Waals surface area contributed by atoms with Crippen LogP contribution < -0.4 is 10.5 Å². The number of hydrogen-bond acceptors (Lipinski definition) is 2. The Kier molecular flexibility index (Phi) is 1.68. The van der Waals surface area contributed by atoms with Crippen molar-refractivity contribution >= 4 is 5.69 Å². The van der Waals surface area contributed by atoms with Gasteiger partial charge in [-0.1, -0.05) is 13.0 Å². The molecule has 1 heterocycles. The molecular formula is C10H13NO.